The third-order valence-electron chi connectivity index (χ3n) is 3.86. The van der Waals surface area contributed by atoms with Crippen molar-refractivity contribution >= 4 is 23.8 Å². The number of benzene rings is 1. The molecule has 2 rings (SSSR count). The van der Waals surface area contributed by atoms with Crippen LogP contribution in [0.4, 0.5) is 5.69 Å². The van der Waals surface area contributed by atoms with E-state index in [1.54, 1.807) is 6.20 Å². The average Bonchev–Trinajstić information content (AvgIpc) is 2.93. The van der Waals surface area contributed by atoms with E-state index in [0.717, 1.165) is 29.1 Å². The van der Waals surface area contributed by atoms with E-state index < -0.39 is 0 Å². The first-order valence-electron chi connectivity index (χ1n) is 7.90. The third kappa shape index (κ3) is 3.79. The standard InChI is InChI=1S/C19H25N3/c1-13(2)21-14(3)18(12-20-5)15(4)22-19-11-7-9-16-8-6-10-17(16)19/h7,9,11-13H,5-6,8,10H2,1-4H3/b18-12-,21-14?,22-15?. The summed E-state index contributed by atoms with van der Waals surface area (Å²) >= 11 is 0. The minimum Gasteiger partial charge on any atom is -0.287 e. The minimum atomic E-state index is 0.252. The molecule has 0 N–H and O–H groups in total. The first-order valence-corrected chi connectivity index (χ1v) is 7.90. The van der Waals surface area contributed by atoms with Crippen molar-refractivity contribution in [3.8, 4) is 0 Å². The van der Waals surface area contributed by atoms with E-state index in [1.807, 2.05) is 13.8 Å². The summed E-state index contributed by atoms with van der Waals surface area (Å²) < 4.78 is 0. The summed E-state index contributed by atoms with van der Waals surface area (Å²) in [5, 5.41) is 0. The van der Waals surface area contributed by atoms with Gasteiger partial charge >= 0.3 is 0 Å². The number of allylic oxidation sites excluding steroid dienone is 1. The van der Waals surface area contributed by atoms with Crippen LogP contribution >= 0.6 is 0 Å². The van der Waals surface area contributed by atoms with Gasteiger partial charge in [-0.15, -0.1) is 0 Å². The van der Waals surface area contributed by atoms with E-state index in [2.05, 4.69) is 48.7 Å². The summed E-state index contributed by atoms with van der Waals surface area (Å²) in [6.45, 7) is 11.7. The fraction of sp³-hybridized carbons (Fsp3) is 0.421. The molecule has 22 heavy (non-hydrogen) atoms. The molecule has 0 saturated heterocycles. The van der Waals surface area contributed by atoms with Gasteiger partial charge in [0, 0.05) is 29.2 Å². The van der Waals surface area contributed by atoms with Crippen LogP contribution in [0, 0.1) is 0 Å². The summed E-state index contributed by atoms with van der Waals surface area (Å²) in [4.78, 5) is 13.4. The number of rotatable bonds is 5. The largest absolute Gasteiger partial charge is 0.287 e. The minimum absolute atomic E-state index is 0.252. The van der Waals surface area contributed by atoms with Crippen molar-refractivity contribution in [2.24, 2.45) is 15.0 Å². The molecule has 3 nitrogen and oxygen atoms in total. The maximum Gasteiger partial charge on any atom is 0.0667 e. The predicted octanol–water partition coefficient (Wildman–Crippen LogP) is 4.72. The molecule has 1 aromatic carbocycles. The molecular weight excluding hydrogens is 270 g/mol. The summed E-state index contributed by atoms with van der Waals surface area (Å²) in [6, 6.07) is 6.66. The van der Waals surface area contributed by atoms with Gasteiger partial charge in [-0.25, -0.2) is 0 Å². The van der Waals surface area contributed by atoms with Gasteiger partial charge in [0.05, 0.1) is 5.69 Å². The maximum absolute atomic E-state index is 4.86. The van der Waals surface area contributed by atoms with E-state index >= 15 is 0 Å². The molecule has 0 saturated carbocycles. The molecule has 0 spiro atoms. The summed E-state index contributed by atoms with van der Waals surface area (Å²) in [5.41, 5.74) is 6.77. The third-order valence-corrected chi connectivity index (χ3v) is 3.86. The second-order valence-corrected chi connectivity index (χ2v) is 6.00. The van der Waals surface area contributed by atoms with Gasteiger partial charge in [0.15, 0.2) is 0 Å². The number of aryl methyl sites for hydroxylation is 1. The molecule has 0 amide bonds. The van der Waals surface area contributed by atoms with Gasteiger partial charge in [0.25, 0.3) is 0 Å². The van der Waals surface area contributed by atoms with Crippen molar-refractivity contribution < 1.29 is 0 Å². The molecule has 116 valence electrons. The lowest BCUT2D eigenvalue weighted by Gasteiger charge is -2.10. The Morgan fingerprint density at radius 1 is 1.18 bits per heavy atom. The number of hydrogen-bond donors (Lipinski definition) is 0. The Balaban J connectivity index is 2.40. The van der Waals surface area contributed by atoms with Crippen LogP contribution in [0.3, 0.4) is 0 Å². The lowest BCUT2D eigenvalue weighted by atomic mass is 10.1. The van der Waals surface area contributed by atoms with E-state index in [0.29, 0.717) is 0 Å². The van der Waals surface area contributed by atoms with Crippen LogP contribution in [0.1, 0.15) is 45.2 Å². The van der Waals surface area contributed by atoms with E-state index in [9.17, 15) is 0 Å². The number of fused-ring (bicyclic) bond motifs is 1. The van der Waals surface area contributed by atoms with Crippen LogP contribution in [0.2, 0.25) is 0 Å². The van der Waals surface area contributed by atoms with Crippen LogP contribution in [0.15, 0.2) is 44.9 Å². The van der Waals surface area contributed by atoms with Gasteiger partial charge in [-0.05, 0) is 70.9 Å². The van der Waals surface area contributed by atoms with Crippen LogP contribution in [0.5, 0.6) is 0 Å². The van der Waals surface area contributed by atoms with Crippen molar-refractivity contribution in [2.45, 2.75) is 53.0 Å². The lowest BCUT2D eigenvalue weighted by molar-refractivity contribution is 0.835. The molecule has 0 fully saturated rings. The SMILES string of the molecule is C=N/C=C(\C(C)=Nc1cccc2c1CCC2)C(C)=NC(C)C. The van der Waals surface area contributed by atoms with E-state index in [-0.39, 0.29) is 6.04 Å². The lowest BCUT2D eigenvalue weighted by Crippen LogP contribution is -2.09. The molecule has 0 heterocycles. The zero-order chi connectivity index (χ0) is 16.1. The van der Waals surface area contributed by atoms with Gasteiger partial charge in [-0.1, -0.05) is 12.1 Å². The normalized spacial score (nSPS) is 16.1. The van der Waals surface area contributed by atoms with Gasteiger partial charge in [-0.3, -0.25) is 15.0 Å². The van der Waals surface area contributed by atoms with Crippen molar-refractivity contribution in [1.29, 1.82) is 0 Å². The van der Waals surface area contributed by atoms with Crippen LogP contribution in [-0.4, -0.2) is 24.2 Å². The molecule has 0 aromatic heterocycles. The van der Waals surface area contributed by atoms with Crippen LogP contribution in [-0.2, 0) is 12.8 Å². The average molecular weight is 295 g/mol. The van der Waals surface area contributed by atoms with Gasteiger partial charge in [-0.2, -0.15) is 0 Å². The van der Waals surface area contributed by atoms with Crippen molar-refractivity contribution in [3.63, 3.8) is 0 Å². The molecular formula is C19H25N3. The molecule has 0 radical (unpaired) electrons. The van der Waals surface area contributed by atoms with Crippen LogP contribution in [0.25, 0.3) is 0 Å². The van der Waals surface area contributed by atoms with Crippen molar-refractivity contribution in [2.75, 3.05) is 0 Å². The van der Waals surface area contributed by atoms with Crippen molar-refractivity contribution in [1.82, 2.24) is 0 Å². The molecule has 0 unspecified atom stereocenters. The number of hydrogen-bond acceptors (Lipinski definition) is 3. The highest BCUT2D eigenvalue weighted by atomic mass is 14.8. The second kappa shape index (κ2) is 7.30. The monoisotopic (exact) mass is 295 g/mol. The van der Waals surface area contributed by atoms with E-state index in [4.69, 9.17) is 4.99 Å². The molecule has 1 aliphatic rings. The maximum atomic E-state index is 4.86. The first kappa shape index (κ1) is 16.3. The van der Waals surface area contributed by atoms with Gasteiger partial charge < -0.3 is 0 Å². The fourth-order valence-electron chi connectivity index (χ4n) is 2.94. The number of aliphatic imine (C=N–C) groups is 3. The molecule has 1 aromatic rings. The summed E-state index contributed by atoms with van der Waals surface area (Å²) in [5.74, 6) is 0. The summed E-state index contributed by atoms with van der Waals surface area (Å²) in [7, 11) is 0. The summed E-state index contributed by atoms with van der Waals surface area (Å²) in [6.07, 6.45) is 5.28. The second-order valence-electron chi connectivity index (χ2n) is 6.00. The Labute approximate surface area is 133 Å². The van der Waals surface area contributed by atoms with Crippen LogP contribution < -0.4 is 0 Å². The molecule has 3 heteroatoms. The molecule has 0 aliphatic heterocycles. The topological polar surface area (TPSA) is 37.1 Å². The van der Waals surface area contributed by atoms with Gasteiger partial charge in [0.2, 0.25) is 0 Å². The highest BCUT2D eigenvalue weighted by molar-refractivity contribution is 6.23. The number of nitrogens with zero attached hydrogens (tertiary/aromatic N) is 3. The Bertz CT molecular complexity index is 649. The van der Waals surface area contributed by atoms with Gasteiger partial charge in [0.1, 0.15) is 0 Å². The highest BCUT2D eigenvalue weighted by Gasteiger charge is 2.15. The fourth-order valence-corrected chi connectivity index (χ4v) is 2.94. The van der Waals surface area contributed by atoms with Crippen molar-refractivity contribution in [3.05, 3.63) is 41.1 Å². The predicted molar refractivity (Wildman–Crippen MR) is 97.1 cm³/mol. The quantitative estimate of drug-likeness (QED) is 0.705. The molecule has 0 atom stereocenters. The smallest absolute Gasteiger partial charge is 0.0667 e. The Hall–Kier alpha value is -2.03. The highest BCUT2D eigenvalue weighted by Crippen LogP contribution is 2.31. The Morgan fingerprint density at radius 3 is 2.64 bits per heavy atom. The van der Waals surface area contributed by atoms with E-state index in [1.165, 1.54) is 24.0 Å². The molecule has 0 bridgehead atoms. The Kier molecular flexibility index (Phi) is 5.42. The zero-order valence-electron chi connectivity index (χ0n) is 14.1. The first-order chi connectivity index (χ1) is 10.5. The molecule has 1 aliphatic carbocycles. The Morgan fingerprint density at radius 2 is 1.95 bits per heavy atom. The zero-order valence-corrected chi connectivity index (χ0v) is 14.1.